The molecule has 1 aromatic carbocycles. The number of aromatic hydroxyl groups is 1. The molecule has 1 unspecified atom stereocenters. The molecule has 0 saturated carbocycles. The molecule has 0 saturated heterocycles. The Bertz CT molecular complexity index is 1080. The van der Waals surface area contributed by atoms with E-state index in [2.05, 4.69) is 29.4 Å². The molecule has 10 heteroatoms. The van der Waals surface area contributed by atoms with Crippen LogP contribution in [-0.2, 0) is 33.5 Å². The molecule has 2 N–H and O–H groups in total. The van der Waals surface area contributed by atoms with Crippen LogP contribution >= 0.6 is 0 Å². The van der Waals surface area contributed by atoms with Gasteiger partial charge in [0.2, 0.25) is 0 Å². The summed E-state index contributed by atoms with van der Waals surface area (Å²) >= 11 is 0. The summed E-state index contributed by atoms with van der Waals surface area (Å²) in [5.41, 5.74) is 0.867. The topological polar surface area (TPSA) is 93.6 Å². The lowest BCUT2D eigenvalue weighted by Crippen LogP contribution is -2.19. The van der Waals surface area contributed by atoms with Crippen molar-refractivity contribution in [3.05, 3.63) is 34.9 Å². The number of phenols is 1. The van der Waals surface area contributed by atoms with Gasteiger partial charge in [0.1, 0.15) is 17.3 Å². The first-order valence-corrected chi connectivity index (χ1v) is 14.3. The van der Waals surface area contributed by atoms with E-state index in [1.165, 1.54) is 6.42 Å². The van der Waals surface area contributed by atoms with Crippen LogP contribution in [0.4, 0.5) is 19.0 Å². The monoisotopic (exact) mass is 567 g/mol. The molecule has 2 aromatic rings. The third-order valence-electron chi connectivity index (χ3n) is 6.45. The van der Waals surface area contributed by atoms with E-state index in [9.17, 15) is 23.1 Å². The molecule has 0 bridgehead atoms. The number of hydrogen-bond acceptors (Lipinski definition) is 7. The smallest absolute Gasteiger partial charge is 0.416 e. The first kappa shape index (κ1) is 33.3. The zero-order valence-electron chi connectivity index (χ0n) is 24.4. The fraction of sp³-hybridized carbons (Fsp3) is 0.633. The summed E-state index contributed by atoms with van der Waals surface area (Å²) in [6.45, 7) is 10.4. The summed E-state index contributed by atoms with van der Waals surface area (Å²) < 4.78 is 50.1. The number of esters is 1. The largest absolute Gasteiger partial charge is 0.507 e. The number of nitrogens with one attached hydrogen (secondary N) is 1. The molecule has 40 heavy (non-hydrogen) atoms. The summed E-state index contributed by atoms with van der Waals surface area (Å²) in [6.07, 6.45) is 3.70. The van der Waals surface area contributed by atoms with Crippen molar-refractivity contribution >= 4 is 11.8 Å². The second-order valence-corrected chi connectivity index (χ2v) is 10.3. The van der Waals surface area contributed by atoms with Gasteiger partial charge < -0.3 is 19.9 Å². The molecule has 7 nitrogen and oxygen atoms in total. The van der Waals surface area contributed by atoms with Gasteiger partial charge in [0, 0.05) is 24.6 Å². The van der Waals surface area contributed by atoms with Gasteiger partial charge in [-0.2, -0.15) is 13.2 Å². The van der Waals surface area contributed by atoms with Gasteiger partial charge in [-0.25, -0.2) is 0 Å². The van der Waals surface area contributed by atoms with Crippen molar-refractivity contribution in [1.82, 2.24) is 10.2 Å². The van der Waals surface area contributed by atoms with Crippen molar-refractivity contribution in [3.63, 3.8) is 0 Å². The van der Waals surface area contributed by atoms with Gasteiger partial charge in [-0.3, -0.25) is 4.79 Å². The number of halogens is 3. The Kier molecular flexibility index (Phi) is 13.7. The van der Waals surface area contributed by atoms with Gasteiger partial charge >= 0.3 is 12.1 Å². The van der Waals surface area contributed by atoms with Crippen molar-refractivity contribution in [2.45, 2.75) is 117 Å². The van der Waals surface area contributed by atoms with Gasteiger partial charge in [0.25, 0.3) is 0 Å². The van der Waals surface area contributed by atoms with E-state index in [-0.39, 0.29) is 35.8 Å². The van der Waals surface area contributed by atoms with Crippen LogP contribution in [0.15, 0.2) is 18.2 Å². The number of rotatable bonds is 10. The van der Waals surface area contributed by atoms with Crippen LogP contribution in [0.2, 0.25) is 0 Å². The number of carbonyl (C=O) groups is 1. The predicted octanol–water partition coefficient (Wildman–Crippen LogP) is 7.84. The van der Waals surface area contributed by atoms with Crippen LogP contribution in [0.5, 0.6) is 5.75 Å². The lowest BCUT2D eigenvalue weighted by Gasteiger charge is -2.19. The van der Waals surface area contributed by atoms with Crippen LogP contribution in [0.25, 0.3) is 11.3 Å². The summed E-state index contributed by atoms with van der Waals surface area (Å²) in [4.78, 5) is 10.6. The van der Waals surface area contributed by atoms with Gasteiger partial charge in [-0.15, -0.1) is 10.2 Å². The average Bonchev–Trinajstić information content (AvgIpc) is 2.96. The first-order valence-electron chi connectivity index (χ1n) is 14.3. The maximum atomic E-state index is 13.2. The Hall–Kier alpha value is -2.88. The SMILES string of the molecule is CCCC(=O)OC(C)C.CCCCCC(CC)Nc1cc2c(nn1)-c1c(O)cc(C(F)(F)F)cc1COCCC2. The lowest BCUT2D eigenvalue weighted by molar-refractivity contribution is -0.147. The molecular formula is C30H44F3N3O4. The molecule has 0 fully saturated rings. The fourth-order valence-corrected chi connectivity index (χ4v) is 4.44. The Morgan fingerprint density at radius 2 is 1.85 bits per heavy atom. The third-order valence-corrected chi connectivity index (χ3v) is 6.45. The van der Waals surface area contributed by atoms with Crippen LogP contribution < -0.4 is 5.32 Å². The van der Waals surface area contributed by atoms with Crippen molar-refractivity contribution in [2.24, 2.45) is 0 Å². The molecule has 2 heterocycles. The molecule has 0 aliphatic carbocycles. The fourth-order valence-electron chi connectivity index (χ4n) is 4.44. The van der Waals surface area contributed by atoms with E-state index in [1.807, 2.05) is 26.8 Å². The van der Waals surface area contributed by atoms with E-state index in [0.717, 1.165) is 49.8 Å². The predicted molar refractivity (Wildman–Crippen MR) is 150 cm³/mol. The molecule has 0 spiro atoms. The molecule has 1 aromatic heterocycles. The zero-order valence-corrected chi connectivity index (χ0v) is 24.4. The second kappa shape index (κ2) is 16.4. The maximum Gasteiger partial charge on any atom is 0.416 e. The van der Waals surface area contributed by atoms with Gasteiger partial charge in [0.15, 0.2) is 0 Å². The number of phenolic OH excluding ortho intramolecular Hbond substituents is 1. The number of nitrogens with zero attached hydrogens (tertiary/aromatic N) is 2. The Labute approximate surface area is 235 Å². The van der Waals surface area contributed by atoms with Gasteiger partial charge in [-0.1, -0.05) is 40.0 Å². The molecular weight excluding hydrogens is 523 g/mol. The Balaban J connectivity index is 0.000000536. The van der Waals surface area contributed by atoms with Crippen LogP contribution in [0, 0.1) is 0 Å². The molecule has 0 amide bonds. The van der Waals surface area contributed by atoms with Gasteiger partial charge in [-0.05, 0) is 75.3 Å². The van der Waals surface area contributed by atoms with Crippen molar-refractivity contribution in [2.75, 3.05) is 11.9 Å². The van der Waals surface area contributed by atoms with Crippen molar-refractivity contribution in [1.29, 1.82) is 0 Å². The molecule has 1 atom stereocenters. The zero-order chi connectivity index (χ0) is 29.7. The number of ether oxygens (including phenoxy) is 2. The van der Waals surface area contributed by atoms with Crippen molar-refractivity contribution in [3.8, 4) is 17.0 Å². The quantitative estimate of drug-likeness (QED) is 0.223. The Morgan fingerprint density at radius 1 is 1.10 bits per heavy atom. The minimum Gasteiger partial charge on any atom is -0.507 e. The number of aromatic nitrogens is 2. The van der Waals surface area contributed by atoms with Gasteiger partial charge in [0.05, 0.1) is 18.3 Å². The number of carbonyl (C=O) groups excluding carboxylic acids is 1. The number of aryl methyl sites for hydroxylation is 1. The van der Waals surface area contributed by atoms with E-state index in [0.29, 0.717) is 37.4 Å². The molecule has 1 aliphatic heterocycles. The number of hydrogen-bond donors (Lipinski definition) is 2. The number of alkyl halides is 3. The normalized spacial score (nSPS) is 14.0. The molecule has 0 radical (unpaired) electrons. The maximum absolute atomic E-state index is 13.2. The molecule has 1 aliphatic rings. The first-order chi connectivity index (χ1) is 19.0. The number of anilines is 1. The summed E-state index contributed by atoms with van der Waals surface area (Å²) in [6, 6.07) is 3.96. The highest BCUT2D eigenvalue weighted by molar-refractivity contribution is 5.74. The van der Waals surface area contributed by atoms with E-state index in [1.54, 1.807) is 0 Å². The molecule has 224 valence electrons. The Morgan fingerprint density at radius 3 is 2.48 bits per heavy atom. The van der Waals surface area contributed by atoms with Crippen LogP contribution in [0.3, 0.4) is 0 Å². The van der Waals surface area contributed by atoms with E-state index < -0.39 is 17.5 Å². The third kappa shape index (κ3) is 10.6. The minimum atomic E-state index is -4.56. The van der Waals surface area contributed by atoms with E-state index >= 15 is 0 Å². The number of fused-ring (bicyclic) bond motifs is 3. The highest BCUT2D eigenvalue weighted by Gasteiger charge is 2.33. The minimum absolute atomic E-state index is 0.0245. The van der Waals surface area contributed by atoms with Crippen LogP contribution in [0.1, 0.15) is 103 Å². The summed E-state index contributed by atoms with van der Waals surface area (Å²) in [5, 5.41) is 22.5. The lowest BCUT2D eigenvalue weighted by atomic mass is 9.96. The number of unbranched alkanes of at least 4 members (excludes halogenated alkanes) is 2. The summed E-state index contributed by atoms with van der Waals surface area (Å²) in [7, 11) is 0. The molecule has 3 rings (SSSR count). The number of benzene rings is 1. The van der Waals surface area contributed by atoms with E-state index in [4.69, 9.17) is 9.47 Å². The van der Waals surface area contributed by atoms with Crippen LogP contribution in [-0.4, -0.2) is 40.0 Å². The average molecular weight is 568 g/mol. The van der Waals surface area contributed by atoms with Crippen molar-refractivity contribution < 1.29 is 32.5 Å². The second-order valence-electron chi connectivity index (χ2n) is 10.3. The highest BCUT2D eigenvalue weighted by Crippen LogP contribution is 2.41. The highest BCUT2D eigenvalue weighted by atomic mass is 19.4. The summed E-state index contributed by atoms with van der Waals surface area (Å²) in [5.74, 6) is 0.0975. The standard InChI is InChI=1S/C23H30F3N3O2.C7H14O2/c1-3-5-6-9-18(4-2)27-20-12-15-8-7-10-31-14-16-11-17(23(24,25)26)13-19(30)21(16)22(15)29-28-20;1-4-5-7(8)9-6(2)3/h11-13,18,30H,3-10,14H2,1-2H3,(H,27,28);6H,4-5H2,1-3H3.